The Balaban J connectivity index is 1.09. The van der Waals surface area contributed by atoms with Crippen LogP contribution in [0.25, 0.3) is 75.2 Å². The summed E-state index contributed by atoms with van der Waals surface area (Å²) in [6.07, 6.45) is -0.464. The molecule has 0 saturated carbocycles. The summed E-state index contributed by atoms with van der Waals surface area (Å²) >= 11 is 1.83. The number of amidine groups is 1. The van der Waals surface area contributed by atoms with Gasteiger partial charge in [-0.15, -0.1) is 11.3 Å². The lowest BCUT2D eigenvalue weighted by molar-refractivity contribution is 0.410. The number of thiophene rings is 1. The van der Waals surface area contributed by atoms with Crippen molar-refractivity contribution in [3.63, 3.8) is 0 Å². The molecule has 2 unspecified atom stereocenters. The topological polar surface area (TPSA) is 62.7 Å². The van der Waals surface area contributed by atoms with Crippen molar-refractivity contribution >= 4 is 81.2 Å². The molecule has 0 spiro atoms. The molecule has 0 amide bonds. The third kappa shape index (κ3) is 4.47. The van der Waals surface area contributed by atoms with E-state index < -0.39 is 0 Å². The van der Waals surface area contributed by atoms with Crippen molar-refractivity contribution in [3.8, 4) is 11.1 Å². The normalized spacial score (nSPS) is 16.4. The van der Waals surface area contributed by atoms with Crippen LogP contribution in [0.2, 0.25) is 0 Å². The van der Waals surface area contributed by atoms with Crippen molar-refractivity contribution in [3.05, 3.63) is 168 Å². The Hall–Kier alpha value is -6.21. The van der Waals surface area contributed by atoms with Crippen LogP contribution in [0.1, 0.15) is 29.0 Å². The molecule has 3 aromatic heterocycles. The van der Waals surface area contributed by atoms with Gasteiger partial charge in [0, 0.05) is 52.8 Å². The number of hydrogen-bond acceptors (Lipinski definition) is 6. The number of benzene rings is 7. The number of para-hydroxylation sites is 3. The minimum atomic E-state index is -0.293. The minimum absolute atomic E-state index is 0.172. The molecule has 0 radical (unpaired) electrons. The lowest BCUT2D eigenvalue weighted by Crippen LogP contribution is -2.45. The van der Waals surface area contributed by atoms with Crippen molar-refractivity contribution < 1.29 is 8.83 Å². The molecule has 11 rings (SSSR count). The Morgan fingerprint density at radius 3 is 2.10 bits per heavy atom. The number of fused-ring (bicyclic) bond motifs is 9. The van der Waals surface area contributed by atoms with Crippen molar-refractivity contribution in [1.29, 1.82) is 0 Å². The number of furan rings is 2. The summed E-state index contributed by atoms with van der Waals surface area (Å²) in [6, 6.07) is 53.1. The molecule has 0 fully saturated rings. The van der Waals surface area contributed by atoms with E-state index in [2.05, 4.69) is 144 Å². The molecule has 1 aliphatic heterocycles. The zero-order chi connectivity index (χ0) is 33.5. The summed E-state index contributed by atoms with van der Waals surface area (Å²) in [6.45, 7) is 0. The quantitative estimate of drug-likeness (QED) is 0.195. The Morgan fingerprint density at radius 2 is 1.22 bits per heavy atom. The van der Waals surface area contributed by atoms with Gasteiger partial charge in [0.25, 0.3) is 0 Å². The summed E-state index contributed by atoms with van der Waals surface area (Å²) in [5, 5.41) is 14.4. The van der Waals surface area contributed by atoms with Gasteiger partial charge >= 0.3 is 0 Å². The molecular weight excluding hydrogens is 647 g/mol. The molecule has 2 N–H and O–H groups in total. The van der Waals surface area contributed by atoms with Gasteiger partial charge in [0.15, 0.2) is 0 Å². The molecule has 6 heteroatoms. The summed E-state index contributed by atoms with van der Waals surface area (Å²) in [4.78, 5) is 5.42. The zero-order valence-corrected chi connectivity index (χ0v) is 28.1. The largest absolute Gasteiger partial charge is 0.456 e. The fraction of sp³-hybridized carbons (Fsp3) is 0.0444. The molecule has 0 aliphatic carbocycles. The van der Waals surface area contributed by atoms with Crippen LogP contribution in [0.5, 0.6) is 0 Å². The van der Waals surface area contributed by atoms with Crippen LogP contribution in [0.15, 0.2) is 165 Å². The zero-order valence-electron chi connectivity index (χ0n) is 27.3. The Kier molecular flexibility index (Phi) is 6.26. The molecule has 51 heavy (non-hydrogen) atoms. The molecule has 1 aliphatic rings. The van der Waals surface area contributed by atoms with Crippen LogP contribution in [0.3, 0.4) is 0 Å². The van der Waals surface area contributed by atoms with Gasteiger partial charge in [0.1, 0.15) is 40.5 Å². The van der Waals surface area contributed by atoms with E-state index in [1.54, 1.807) is 0 Å². The molecule has 10 aromatic rings. The maximum atomic E-state index is 6.92. The van der Waals surface area contributed by atoms with Gasteiger partial charge in [-0.05, 0) is 47.5 Å². The monoisotopic (exact) mass is 675 g/mol. The molecule has 4 heterocycles. The van der Waals surface area contributed by atoms with E-state index in [1.807, 2.05) is 29.5 Å². The van der Waals surface area contributed by atoms with E-state index in [9.17, 15) is 0 Å². The second kappa shape index (κ2) is 11.2. The Labute approximate surface area is 296 Å². The van der Waals surface area contributed by atoms with E-state index in [0.717, 1.165) is 77.5 Å². The summed E-state index contributed by atoms with van der Waals surface area (Å²) in [7, 11) is 0. The smallest absolute Gasteiger partial charge is 0.146 e. The molecule has 2 atom stereocenters. The van der Waals surface area contributed by atoms with Crippen LogP contribution >= 0.6 is 11.3 Å². The Bertz CT molecular complexity index is 3010. The highest BCUT2D eigenvalue weighted by Crippen LogP contribution is 2.42. The summed E-state index contributed by atoms with van der Waals surface area (Å²) in [5.74, 6) is 0.791. The highest BCUT2D eigenvalue weighted by atomic mass is 32.1. The molecule has 0 saturated heterocycles. The first-order valence-electron chi connectivity index (χ1n) is 17.2. The molecule has 7 aromatic carbocycles. The second-order valence-electron chi connectivity index (χ2n) is 13.1. The standard InChI is InChI=1S/C45H29N3O2S/c1-2-11-26(12-3-1)43-46-44(34-18-10-22-39-40(34)33-14-5-7-21-38(33)51-39)48-45(47-43)35-19-9-17-32-31-16-8-15-28(41(31)50-42(32)35)27-23-24-30-29-13-4-6-20-36(29)49-37(30)25-27/h1-25,43-44,46H,(H,47,48). The molecular formula is C45H29N3O2S. The highest BCUT2D eigenvalue weighted by Gasteiger charge is 2.29. The van der Waals surface area contributed by atoms with E-state index in [4.69, 9.17) is 13.8 Å². The SMILES string of the molecule is c1ccc(C2NC(c3cccc4c3oc3c(-c5ccc6c(c5)oc5ccccc56)cccc34)=NC(c3cccc4sc5ccccc5c34)N2)cc1. The van der Waals surface area contributed by atoms with E-state index in [1.165, 1.54) is 20.2 Å². The first kappa shape index (κ1) is 28.6. The number of nitrogens with zero attached hydrogens (tertiary/aromatic N) is 1. The van der Waals surface area contributed by atoms with Crippen LogP contribution in [0, 0.1) is 0 Å². The predicted molar refractivity (Wildman–Crippen MR) is 210 cm³/mol. The van der Waals surface area contributed by atoms with Gasteiger partial charge in [0.2, 0.25) is 0 Å². The minimum Gasteiger partial charge on any atom is -0.456 e. The average molecular weight is 676 g/mol. The van der Waals surface area contributed by atoms with Crippen LogP contribution in [-0.2, 0) is 0 Å². The van der Waals surface area contributed by atoms with Crippen molar-refractivity contribution in [2.75, 3.05) is 0 Å². The average Bonchev–Trinajstić information content (AvgIpc) is 3.89. The van der Waals surface area contributed by atoms with Crippen molar-refractivity contribution in [2.45, 2.75) is 12.3 Å². The van der Waals surface area contributed by atoms with Crippen molar-refractivity contribution in [1.82, 2.24) is 10.6 Å². The van der Waals surface area contributed by atoms with Gasteiger partial charge in [-0.2, -0.15) is 0 Å². The van der Waals surface area contributed by atoms with Gasteiger partial charge in [-0.1, -0.05) is 115 Å². The van der Waals surface area contributed by atoms with E-state index in [-0.39, 0.29) is 12.3 Å². The fourth-order valence-corrected chi connectivity index (χ4v) is 8.97. The predicted octanol–water partition coefficient (Wildman–Crippen LogP) is 11.9. The third-order valence-corrected chi connectivity index (χ3v) is 11.3. The first-order chi connectivity index (χ1) is 25.3. The number of rotatable bonds is 4. The lowest BCUT2D eigenvalue weighted by atomic mass is 10.00. The van der Waals surface area contributed by atoms with Gasteiger partial charge < -0.3 is 14.2 Å². The van der Waals surface area contributed by atoms with Crippen molar-refractivity contribution in [2.24, 2.45) is 4.99 Å². The van der Waals surface area contributed by atoms with Crippen LogP contribution in [-0.4, -0.2) is 5.84 Å². The second-order valence-corrected chi connectivity index (χ2v) is 14.2. The Morgan fingerprint density at radius 1 is 0.529 bits per heavy atom. The maximum Gasteiger partial charge on any atom is 0.146 e. The van der Waals surface area contributed by atoms with Gasteiger partial charge in [-0.25, -0.2) is 4.99 Å². The summed E-state index contributed by atoms with van der Waals surface area (Å²) in [5.41, 5.74) is 8.69. The lowest BCUT2D eigenvalue weighted by Gasteiger charge is -2.32. The first-order valence-corrected chi connectivity index (χ1v) is 18.0. The van der Waals surface area contributed by atoms with E-state index in [0.29, 0.717) is 0 Å². The van der Waals surface area contributed by atoms with Gasteiger partial charge in [0.05, 0.1) is 5.56 Å². The molecule has 242 valence electrons. The van der Waals surface area contributed by atoms with Crippen LogP contribution < -0.4 is 10.6 Å². The summed E-state index contributed by atoms with van der Waals surface area (Å²) < 4.78 is 15.7. The third-order valence-electron chi connectivity index (χ3n) is 10.2. The number of aliphatic imine (C=N–C) groups is 1. The number of nitrogens with one attached hydrogen (secondary N) is 2. The fourth-order valence-electron chi connectivity index (χ4n) is 7.83. The maximum absolute atomic E-state index is 6.92. The number of hydrogen-bond donors (Lipinski definition) is 2. The van der Waals surface area contributed by atoms with E-state index >= 15 is 0 Å². The molecule has 5 nitrogen and oxygen atoms in total. The molecule has 0 bridgehead atoms. The van der Waals surface area contributed by atoms with Crippen LogP contribution in [0.4, 0.5) is 0 Å². The highest BCUT2D eigenvalue weighted by molar-refractivity contribution is 7.25. The van der Waals surface area contributed by atoms with Gasteiger partial charge in [-0.3, -0.25) is 5.32 Å².